The first-order valence-electron chi connectivity index (χ1n) is 13.2. The van der Waals surface area contributed by atoms with Crippen molar-refractivity contribution in [2.45, 2.75) is 20.8 Å². The van der Waals surface area contributed by atoms with Crippen LogP contribution in [0.3, 0.4) is 0 Å². The molecule has 3 heterocycles. The number of aromatic nitrogens is 1. The second-order valence-electron chi connectivity index (χ2n) is 10.4. The summed E-state index contributed by atoms with van der Waals surface area (Å²) in [5.41, 5.74) is 10.7. The van der Waals surface area contributed by atoms with Gasteiger partial charge in [0.15, 0.2) is 6.04 Å². The standard InChI is InChI=1S/C36H28N2O/c1-22-16-31(27-13-9-12-25(19-27)29-17-23(2)37-24(3)18-29)35-30-14-7-8-15-33(30)39-36(35)34(22)32-20-26-10-5-6-11-28(26)21-38(32)4/h5-21H,4H2,1-3H3. The zero-order chi connectivity index (χ0) is 26.7. The number of para-hydroxylation sites is 1. The first-order valence-corrected chi connectivity index (χ1v) is 13.2. The van der Waals surface area contributed by atoms with Crippen LogP contribution in [0.5, 0.6) is 0 Å². The molecule has 0 spiro atoms. The number of pyridine rings is 1. The minimum Gasteiger partial charge on any atom is -0.286 e. The molecule has 3 nitrogen and oxygen atoms in total. The molecule has 7 rings (SSSR count). The van der Waals surface area contributed by atoms with Crippen molar-refractivity contribution >= 4 is 40.9 Å². The Morgan fingerprint density at radius 3 is 2.33 bits per heavy atom. The van der Waals surface area contributed by atoms with Crippen molar-refractivity contribution in [2.24, 2.45) is 0 Å². The maximum Gasteiger partial charge on any atom is 0.278 e. The minimum atomic E-state index is 0.883. The lowest BCUT2D eigenvalue weighted by atomic mass is 9.89. The van der Waals surface area contributed by atoms with E-state index in [2.05, 4.69) is 116 Å². The monoisotopic (exact) mass is 504 g/mol. The zero-order valence-corrected chi connectivity index (χ0v) is 22.3. The Morgan fingerprint density at radius 1 is 0.769 bits per heavy atom. The molecule has 0 N–H and O–H groups in total. The van der Waals surface area contributed by atoms with Crippen molar-refractivity contribution in [2.75, 3.05) is 0 Å². The Balaban J connectivity index is 1.49. The molecule has 2 aromatic heterocycles. The van der Waals surface area contributed by atoms with Gasteiger partial charge < -0.3 is 0 Å². The van der Waals surface area contributed by atoms with Gasteiger partial charge in [-0.15, -0.1) is 18.2 Å². The van der Waals surface area contributed by atoms with Crippen LogP contribution in [0.2, 0.25) is 0 Å². The molecule has 1 aliphatic rings. The van der Waals surface area contributed by atoms with E-state index in [4.69, 9.17) is 4.42 Å². The van der Waals surface area contributed by atoms with Crippen molar-refractivity contribution in [3.8, 4) is 22.3 Å². The van der Waals surface area contributed by atoms with E-state index in [1.165, 1.54) is 16.3 Å². The molecule has 0 fully saturated rings. The van der Waals surface area contributed by atoms with Gasteiger partial charge in [0.1, 0.15) is 6.20 Å². The normalized spacial score (nSPS) is 12.9. The van der Waals surface area contributed by atoms with Gasteiger partial charge in [0.25, 0.3) is 11.2 Å². The Labute approximate surface area is 227 Å². The predicted octanol–water partition coefficient (Wildman–Crippen LogP) is 7.07. The van der Waals surface area contributed by atoms with E-state index in [0.29, 0.717) is 0 Å². The molecule has 1 aliphatic heterocycles. The summed E-state index contributed by atoms with van der Waals surface area (Å²) in [5, 5.41) is 4.57. The molecule has 3 heteroatoms. The number of aryl methyl sites for hydroxylation is 3. The van der Waals surface area contributed by atoms with E-state index < -0.39 is 0 Å². The number of furan rings is 1. The van der Waals surface area contributed by atoms with Crippen LogP contribution in [0.15, 0.2) is 95.4 Å². The van der Waals surface area contributed by atoms with Gasteiger partial charge >= 0.3 is 0 Å². The molecular formula is C36H28N2O. The minimum absolute atomic E-state index is 0.883. The number of fused-ring (bicyclic) bond motifs is 4. The topological polar surface area (TPSA) is 27.2 Å². The molecule has 0 atom stereocenters. The fourth-order valence-corrected chi connectivity index (χ4v) is 5.89. The fourth-order valence-electron chi connectivity index (χ4n) is 5.89. The smallest absolute Gasteiger partial charge is 0.278 e. The van der Waals surface area contributed by atoms with Gasteiger partial charge in [0, 0.05) is 16.8 Å². The summed E-state index contributed by atoms with van der Waals surface area (Å²) in [7, 11) is 0. The number of nitrogens with zero attached hydrogens (tertiary/aromatic N) is 2. The van der Waals surface area contributed by atoms with Crippen LogP contribution < -0.4 is 10.4 Å². The lowest BCUT2D eigenvalue weighted by molar-refractivity contribution is -0.376. The van der Waals surface area contributed by atoms with Gasteiger partial charge in [-0.25, -0.2) is 0 Å². The number of hydrogen-bond donors (Lipinski definition) is 0. The molecule has 39 heavy (non-hydrogen) atoms. The lowest BCUT2D eigenvalue weighted by Crippen LogP contribution is -2.33. The van der Waals surface area contributed by atoms with E-state index >= 15 is 0 Å². The quantitative estimate of drug-likeness (QED) is 0.146. The van der Waals surface area contributed by atoms with Gasteiger partial charge in [0.2, 0.25) is 0 Å². The van der Waals surface area contributed by atoms with Crippen LogP contribution >= 0.6 is 0 Å². The average Bonchev–Trinajstić information content (AvgIpc) is 3.31. The van der Waals surface area contributed by atoms with Gasteiger partial charge in [-0.1, -0.05) is 66.2 Å². The van der Waals surface area contributed by atoms with E-state index in [1.807, 2.05) is 24.5 Å². The van der Waals surface area contributed by atoms with Crippen molar-refractivity contribution < 1.29 is 8.99 Å². The Morgan fingerprint density at radius 2 is 1.51 bits per heavy atom. The highest BCUT2D eigenvalue weighted by molar-refractivity contribution is 6.14. The molecule has 4 aromatic carbocycles. The van der Waals surface area contributed by atoms with Gasteiger partial charge in [-0.2, -0.15) is 0 Å². The van der Waals surface area contributed by atoms with E-state index in [0.717, 1.165) is 66.8 Å². The third-order valence-electron chi connectivity index (χ3n) is 7.58. The van der Waals surface area contributed by atoms with E-state index in [9.17, 15) is 0 Å². The summed E-state index contributed by atoms with van der Waals surface area (Å²) < 4.78 is 8.61. The molecule has 0 saturated heterocycles. The Hall–Kier alpha value is -4.89. The van der Waals surface area contributed by atoms with E-state index in [1.54, 1.807) is 0 Å². The Bertz CT molecular complexity index is 2060. The first kappa shape index (κ1) is 23.2. The third kappa shape index (κ3) is 3.86. The predicted molar refractivity (Wildman–Crippen MR) is 161 cm³/mol. The molecule has 6 aromatic rings. The van der Waals surface area contributed by atoms with Crippen LogP contribution in [-0.4, -0.2) is 16.3 Å². The summed E-state index contributed by atoms with van der Waals surface area (Å²) in [5.74, 6) is 0. The summed E-state index contributed by atoms with van der Waals surface area (Å²) in [6, 6.07) is 33.1. The van der Waals surface area contributed by atoms with Gasteiger partial charge in [-0.3, -0.25) is 14.0 Å². The van der Waals surface area contributed by atoms with Crippen LogP contribution in [0.1, 0.15) is 22.5 Å². The van der Waals surface area contributed by atoms with Crippen molar-refractivity contribution in [3.05, 3.63) is 130 Å². The summed E-state index contributed by atoms with van der Waals surface area (Å²) in [6.07, 6.45) is 4.31. The van der Waals surface area contributed by atoms with Crippen molar-refractivity contribution in [3.63, 3.8) is 0 Å². The van der Waals surface area contributed by atoms with Crippen LogP contribution in [0, 0.1) is 26.8 Å². The summed E-state index contributed by atoms with van der Waals surface area (Å²) >= 11 is 0. The number of benzene rings is 4. The number of rotatable bonds is 3. The van der Waals surface area contributed by atoms with Crippen LogP contribution in [0.4, 0.5) is 0 Å². The Kier molecular flexibility index (Phi) is 5.27. The first-order chi connectivity index (χ1) is 19.0. The molecule has 0 radical (unpaired) electrons. The molecule has 0 aliphatic carbocycles. The molecule has 188 valence electrons. The third-order valence-corrected chi connectivity index (χ3v) is 7.58. The second-order valence-corrected chi connectivity index (χ2v) is 10.4. The second kappa shape index (κ2) is 8.85. The van der Waals surface area contributed by atoms with Crippen molar-refractivity contribution in [1.29, 1.82) is 0 Å². The molecular weight excluding hydrogens is 476 g/mol. The molecule has 0 bridgehead atoms. The van der Waals surface area contributed by atoms with Gasteiger partial charge in [0.05, 0.1) is 12.3 Å². The highest BCUT2D eigenvalue weighted by atomic mass is 16.3. The van der Waals surface area contributed by atoms with Crippen LogP contribution in [0.25, 0.3) is 56.5 Å². The SMILES string of the molecule is C=[N+]1C=c2ccccc2=C[C-]1c1c(C)cc(-c2cccc(-c3cc(C)nc(C)c3)c2)c2c1[o+][c-]1ccccc21. The average molecular weight is 505 g/mol. The highest BCUT2D eigenvalue weighted by Crippen LogP contribution is 2.43. The zero-order valence-electron chi connectivity index (χ0n) is 22.3. The summed E-state index contributed by atoms with van der Waals surface area (Å²) in [4.78, 5) is 4.57. The maximum absolute atomic E-state index is 6.65. The van der Waals surface area contributed by atoms with Crippen molar-refractivity contribution in [1.82, 2.24) is 4.98 Å². The molecule has 0 unspecified atom stereocenters. The highest BCUT2D eigenvalue weighted by Gasteiger charge is 2.28. The van der Waals surface area contributed by atoms with E-state index in [-0.39, 0.29) is 0 Å². The lowest BCUT2D eigenvalue weighted by Gasteiger charge is -2.20. The van der Waals surface area contributed by atoms with Crippen LogP contribution in [-0.2, 0) is 0 Å². The van der Waals surface area contributed by atoms with Gasteiger partial charge in [-0.05, 0) is 77.0 Å². The largest absolute Gasteiger partial charge is 0.286 e. The summed E-state index contributed by atoms with van der Waals surface area (Å²) in [6.45, 7) is 10.6. The molecule has 0 saturated carbocycles. The number of hydrogen-bond acceptors (Lipinski definition) is 1. The fraction of sp³-hybridized carbons (Fsp3) is 0.0833. The molecule has 0 amide bonds. The maximum atomic E-state index is 6.65.